The fourth-order valence-electron chi connectivity index (χ4n) is 2.52. The largest absolute Gasteiger partial charge is 0.457 e. The Bertz CT molecular complexity index is 942. The zero-order chi connectivity index (χ0) is 19.1. The smallest absolute Gasteiger partial charge is 0.244 e. The van der Waals surface area contributed by atoms with Crippen molar-refractivity contribution in [1.82, 2.24) is 10.3 Å². The zero-order valence-electron chi connectivity index (χ0n) is 14.8. The van der Waals surface area contributed by atoms with E-state index in [1.54, 1.807) is 42.7 Å². The molecule has 5 heteroatoms. The summed E-state index contributed by atoms with van der Waals surface area (Å²) >= 11 is 0. The highest BCUT2D eigenvalue weighted by Gasteiger charge is 2.09. The standard InChI is InChI=1S/C22H19FN2O2/c1-16(25-22(26)9-8-17-4-2-6-19(23)14-17)18-5-3-7-21(15-18)27-20-10-12-24-13-11-20/h2-16H,1H3,(H,25,26)/b9-8+/t16-/m0/s1. The zero-order valence-corrected chi connectivity index (χ0v) is 14.8. The number of nitrogens with one attached hydrogen (secondary N) is 1. The second-order valence-electron chi connectivity index (χ2n) is 5.98. The van der Waals surface area contributed by atoms with Crippen LogP contribution in [0.2, 0.25) is 0 Å². The fraction of sp³-hybridized carbons (Fsp3) is 0.0909. The van der Waals surface area contributed by atoms with Crippen molar-refractivity contribution >= 4 is 12.0 Å². The SMILES string of the molecule is C[C@H](NC(=O)/C=C/c1cccc(F)c1)c1cccc(Oc2ccncc2)c1. The maximum atomic E-state index is 13.2. The lowest BCUT2D eigenvalue weighted by Crippen LogP contribution is -2.24. The molecule has 4 nitrogen and oxygen atoms in total. The third kappa shape index (κ3) is 5.51. The summed E-state index contributed by atoms with van der Waals surface area (Å²) in [6.45, 7) is 1.89. The minimum Gasteiger partial charge on any atom is -0.457 e. The highest BCUT2D eigenvalue weighted by molar-refractivity contribution is 5.91. The van der Waals surface area contributed by atoms with Gasteiger partial charge in [-0.25, -0.2) is 4.39 Å². The Morgan fingerprint density at radius 1 is 1.07 bits per heavy atom. The van der Waals surface area contributed by atoms with Crippen molar-refractivity contribution in [1.29, 1.82) is 0 Å². The van der Waals surface area contributed by atoms with Gasteiger partial charge in [-0.15, -0.1) is 0 Å². The van der Waals surface area contributed by atoms with Gasteiger partial charge in [0.05, 0.1) is 6.04 Å². The second kappa shape index (κ2) is 8.76. The van der Waals surface area contributed by atoms with E-state index in [2.05, 4.69) is 10.3 Å². The van der Waals surface area contributed by atoms with Gasteiger partial charge in [0, 0.05) is 18.5 Å². The van der Waals surface area contributed by atoms with Crippen LogP contribution >= 0.6 is 0 Å². The van der Waals surface area contributed by atoms with E-state index in [0.29, 0.717) is 17.1 Å². The number of halogens is 1. The Morgan fingerprint density at radius 2 is 1.85 bits per heavy atom. The molecule has 0 fully saturated rings. The molecule has 1 N–H and O–H groups in total. The first kappa shape index (κ1) is 18.3. The number of rotatable bonds is 6. The first-order chi connectivity index (χ1) is 13.1. The molecule has 0 spiro atoms. The Kier molecular flexibility index (Phi) is 5.94. The van der Waals surface area contributed by atoms with E-state index >= 15 is 0 Å². The summed E-state index contributed by atoms with van der Waals surface area (Å²) in [5.41, 5.74) is 1.54. The third-order valence-electron chi connectivity index (χ3n) is 3.88. The van der Waals surface area contributed by atoms with Crippen molar-refractivity contribution in [2.24, 2.45) is 0 Å². The van der Waals surface area contributed by atoms with E-state index < -0.39 is 0 Å². The summed E-state index contributed by atoms with van der Waals surface area (Å²) in [6, 6.07) is 16.9. The molecule has 2 aromatic carbocycles. The predicted molar refractivity (Wildman–Crippen MR) is 103 cm³/mol. The first-order valence-corrected chi connectivity index (χ1v) is 8.52. The number of ether oxygens (including phenoxy) is 1. The quantitative estimate of drug-likeness (QED) is 0.634. The summed E-state index contributed by atoms with van der Waals surface area (Å²) in [5.74, 6) is 0.774. The van der Waals surface area contributed by atoms with E-state index in [4.69, 9.17) is 4.74 Å². The van der Waals surface area contributed by atoms with Gasteiger partial charge in [-0.3, -0.25) is 9.78 Å². The number of carbonyl (C=O) groups is 1. The molecule has 0 saturated carbocycles. The summed E-state index contributed by atoms with van der Waals surface area (Å²) in [5, 5.41) is 2.89. The number of amides is 1. The molecule has 27 heavy (non-hydrogen) atoms. The number of aromatic nitrogens is 1. The lowest BCUT2D eigenvalue weighted by Gasteiger charge is -2.14. The highest BCUT2D eigenvalue weighted by Crippen LogP contribution is 2.24. The predicted octanol–water partition coefficient (Wildman–Crippen LogP) is 4.90. The summed E-state index contributed by atoms with van der Waals surface area (Å²) in [7, 11) is 0. The minimum atomic E-state index is -0.336. The molecule has 0 aliphatic carbocycles. The molecule has 0 unspecified atom stereocenters. The Labute approximate surface area is 157 Å². The van der Waals surface area contributed by atoms with Gasteiger partial charge < -0.3 is 10.1 Å². The van der Waals surface area contributed by atoms with E-state index in [9.17, 15) is 9.18 Å². The Balaban J connectivity index is 1.62. The molecule has 1 amide bonds. The fourth-order valence-corrected chi connectivity index (χ4v) is 2.52. The number of benzene rings is 2. The monoisotopic (exact) mass is 362 g/mol. The molecule has 0 bridgehead atoms. The average molecular weight is 362 g/mol. The molecule has 1 heterocycles. The van der Waals surface area contributed by atoms with Crippen LogP contribution in [0.25, 0.3) is 6.08 Å². The van der Waals surface area contributed by atoms with E-state index in [-0.39, 0.29) is 17.8 Å². The second-order valence-corrected chi connectivity index (χ2v) is 5.98. The van der Waals surface area contributed by atoms with Gasteiger partial charge in [-0.2, -0.15) is 0 Å². The van der Waals surface area contributed by atoms with Crippen LogP contribution in [0, 0.1) is 5.82 Å². The van der Waals surface area contributed by atoms with Crippen LogP contribution in [0.3, 0.4) is 0 Å². The summed E-state index contributed by atoms with van der Waals surface area (Å²) in [4.78, 5) is 16.1. The lowest BCUT2D eigenvalue weighted by atomic mass is 10.1. The van der Waals surface area contributed by atoms with E-state index in [1.807, 2.05) is 31.2 Å². The first-order valence-electron chi connectivity index (χ1n) is 8.52. The minimum absolute atomic E-state index is 0.212. The average Bonchev–Trinajstić information content (AvgIpc) is 2.67. The van der Waals surface area contributed by atoms with Crippen molar-refractivity contribution in [2.75, 3.05) is 0 Å². The normalized spacial score (nSPS) is 11.9. The van der Waals surface area contributed by atoms with Gasteiger partial charge in [-0.1, -0.05) is 24.3 Å². The molecule has 0 aliphatic rings. The van der Waals surface area contributed by atoms with Crippen LogP contribution in [0.5, 0.6) is 11.5 Å². The van der Waals surface area contributed by atoms with Gasteiger partial charge in [0.25, 0.3) is 0 Å². The molecule has 0 aliphatic heterocycles. The van der Waals surface area contributed by atoms with Gasteiger partial charge in [-0.05, 0) is 60.5 Å². The van der Waals surface area contributed by atoms with Gasteiger partial charge in [0.15, 0.2) is 0 Å². The van der Waals surface area contributed by atoms with Gasteiger partial charge in [0.2, 0.25) is 5.91 Å². The van der Waals surface area contributed by atoms with Crippen LogP contribution in [-0.4, -0.2) is 10.9 Å². The summed E-state index contributed by atoms with van der Waals surface area (Å²) in [6.07, 6.45) is 6.29. The lowest BCUT2D eigenvalue weighted by molar-refractivity contribution is -0.117. The van der Waals surface area contributed by atoms with E-state index in [1.165, 1.54) is 18.2 Å². The van der Waals surface area contributed by atoms with Crippen LogP contribution in [0.15, 0.2) is 79.1 Å². The molecule has 3 rings (SSSR count). The Morgan fingerprint density at radius 3 is 2.63 bits per heavy atom. The van der Waals surface area contributed by atoms with Crippen LogP contribution in [-0.2, 0) is 4.79 Å². The number of pyridine rings is 1. The van der Waals surface area contributed by atoms with Gasteiger partial charge >= 0.3 is 0 Å². The molecule has 0 saturated heterocycles. The number of hydrogen-bond acceptors (Lipinski definition) is 3. The maximum absolute atomic E-state index is 13.2. The molecular weight excluding hydrogens is 343 g/mol. The van der Waals surface area contributed by atoms with E-state index in [0.717, 1.165) is 5.56 Å². The number of carbonyl (C=O) groups excluding carboxylic acids is 1. The molecule has 3 aromatic rings. The highest BCUT2D eigenvalue weighted by atomic mass is 19.1. The van der Waals surface area contributed by atoms with Crippen molar-refractivity contribution in [3.05, 3.63) is 96.1 Å². The van der Waals surface area contributed by atoms with Crippen molar-refractivity contribution in [3.63, 3.8) is 0 Å². The van der Waals surface area contributed by atoms with Crippen molar-refractivity contribution in [3.8, 4) is 11.5 Å². The molecule has 136 valence electrons. The maximum Gasteiger partial charge on any atom is 0.244 e. The molecular formula is C22H19FN2O2. The third-order valence-corrected chi connectivity index (χ3v) is 3.88. The van der Waals surface area contributed by atoms with Crippen LogP contribution < -0.4 is 10.1 Å². The van der Waals surface area contributed by atoms with Crippen molar-refractivity contribution < 1.29 is 13.9 Å². The topological polar surface area (TPSA) is 51.2 Å². The van der Waals surface area contributed by atoms with Crippen LogP contribution in [0.4, 0.5) is 4.39 Å². The Hall–Kier alpha value is -3.47. The van der Waals surface area contributed by atoms with Gasteiger partial charge in [0.1, 0.15) is 17.3 Å². The van der Waals surface area contributed by atoms with Crippen molar-refractivity contribution in [2.45, 2.75) is 13.0 Å². The molecule has 0 radical (unpaired) electrons. The molecule has 1 atom stereocenters. The summed E-state index contributed by atoms with van der Waals surface area (Å²) < 4.78 is 19.0. The number of nitrogens with zero attached hydrogens (tertiary/aromatic N) is 1. The number of hydrogen-bond donors (Lipinski definition) is 1. The van der Waals surface area contributed by atoms with Crippen LogP contribution in [0.1, 0.15) is 24.1 Å². The molecule has 1 aromatic heterocycles.